The molecule has 0 unspecified atom stereocenters. The van der Waals surface area contributed by atoms with Crippen LogP contribution in [0.1, 0.15) is 10.4 Å². The third kappa shape index (κ3) is 3.63. The average Bonchev–Trinajstić information content (AvgIpc) is 2.68. The third-order valence-electron chi connectivity index (χ3n) is 3.99. The van der Waals surface area contributed by atoms with Gasteiger partial charge < -0.3 is 16.0 Å². The van der Waals surface area contributed by atoms with Crippen LogP contribution in [0.5, 0.6) is 0 Å². The van der Waals surface area contributed by atoms with Crippen LogP contribution in [0, 0.1) is 6.07 Å². The maximum absolute atomic E-state index is 12.6. The van der Waals surface area contributed by atoms with Gasteiger partial charge >= 0.3 is 0 Å². The Kier molecular flexibility index (Phi) is 5.00. The molecule has 3 N–H and O–H groups in total. The summed E-state index contributed by atoms with van der Waals surface area (Å²) in [6.45, 7) is 0. The lowest BCUT2D eigenvalue weighted by Crippen LogP contribution is -2.13. The van der Waals surface area contributed by atoms with E-state index in [0.717, 1.165) is 28.2 Å². The first-order chi connectivity index (χ1) is 12.2. The molecule has 3 aromatic carbocycles. The van der Waals surface area contributed by atoms with Crippen LogP contribution in [0.3, 0.4) is 0 Å². The zero-order valence-corrected chi connectivity index (χ0v) is 14.3. The Morgan fingerprint density at radius 1 is 0.880 bits per heavy atom. The predicted octanol–water partition coefficient (Wildman–Crippen LogP) is 4.49. The van der Waals surface area contributed by atoms with Crippen molar-refractivity contribution in [3.05, 3.63) is 78.4 Å². The van der Waals surface area contributed by atoms with Crippen molar-refractivity contribution in [3.63, 3.8) is 0 Å². The zero-order chi connectivity index (χ0) is 17.6. The number of nitrogens with one attached hydrogen (secondary N) is 3. The lowest BCUT2D eigenvalue weighted by atomic mass is 10.0. The molecule has 0 heterocycles. The molecular formula is C21H20N3O. The van der Waals surface area contributed by atoms with Crippen LogP contribution in [0.15, 0.2) is 66.7 Å². The van der Waals surface area contributed by atoms with Gasteiger partial charge in [-0.1, -0.05) is 36.4 Å². The molecule has 0 spiro atoms. The number of para-hydroxylation sites is 2. The van der Waals surface area contributed by atoms with Crippen molar-refractivity contribution in [2.24, 2.45) is 0 Å². The Bertz CT molecular complexity index is 890. The number of benzene rings is 3. The molecule has 25 heavy (non-hydrogen) atoms. The van der Waals surface area contributed by atoms with Gasteiger partial charge in [0.25, 0.3) is 5.91 Å². The molecule has 125 valence electrons. The summed E-state index contributed by atoms with van der Waals surface area (Å²) in [6.07, 6.45) is 0. The largest absolute Gasteiger partial charge is 0.388 e. The van der Waals surface area contributed by atoms with Gasteiger partial charge in [-0.2, -0.15) is 0 Å². The quantitative estimate of drug-likeness (QED) is 0.646. The Balaban J connectivity index is 1.88. The summed E-state index contributed by atoms with van der Waals surface area (Å²) in [6, 6.07) is 24.2. The van der Waals surface area contributed by atoms with Gasteiger partial charge in [0.05, 0.1) is 5.56 Å². The summed E-state index contributed by atoms with van der Waals surface area (Å²) in [5.41, 5.74) is 5.11. The van der Waals surface area contributed by atoms with E-state index in [1.165, 1.54) is 0 Å². The van der Waals surface area contributed by atoms with Crippen molar-refractivity contribution in [2.45, 2.75) is 0 Å². The standard InChI is InChI=1S/C21H20N3O/c1-22-19-12-5-3-10-17(19)15-8-7-9-16(14-15)24-21(25)18-11-4-6-13-20(18)23-2/h3-7,9-14,22-23H,1-2H3,(H,24,25). The van der Waals surface area contributed by atoms with Crippen LogP contribution < -0.4 is 16.0 Å². The molecule has 3 aromatic rings. The molecule has 0 bridgehead atoms. The highest BCUT2D eigenvalue weighted by Crippen LogP contribution is 2.29. The van der Waals surface area contributed by atoms with Gasteiger partial charge in [-0.15, -0.1) is 0 Å². The van der Waals surface area contributed by atoms with Crippen LogP contribution in [0.25, 0.3) is 11.1 Å². The summed E-state index contributed by atoms with van der Waals surface area (Å²) < 4.78 is 0. The van der Waals surface area contributed by atoms with E-state index in [9.17, 15) is 4.79 Å². The zero-order valence-electron chi connectivity index (χ0n) is 14.3. The minimum absolute atomic E-state index is 0.149. The lowest BCUT2D eigenvalue weighted by molar-refractivity contribution is 0.102. The topological polar surface area (TPSA) is 53.2 Å². The van der Waals surface area contributed by atoms with Gasteiger partial charge in [0.15, 0.2) is 0 Å². The van der Waals surface area contributed by atoms with E-state index in [1.54, 1.807) is 13.1 Å². The van der Waals surface area contributed by atoms with Crippen molar-refractivity contribution < 1.29 is 4.79 Å². The van der Waals surface area contributed by atoms with E-state index in [-0.39, 0.29) is 5.91 Å². The SMILES string of the molecule is CNc1ccccc1C(=O)Nc1cc[c]c(-c2ccccc2NC)c1. The fourth-order valence-corrected chi connectivity index (χ4v) is 2.73. The highest BCUT2D eigenvalue weighted by atomic mass is 16.1. The molecule has 0 aliphatic carbocycles. The Morgan fingerprint density at radius 3 is 2.32 bits per heavy atom. The Labute approximate surface area is 147 Å². The van der Waals surface area contributed by atoms with E-state index < -0.39 is 0 Å². The monoisotopic (exact) mass is 330 g/mol. The number of anilines is 3. The molecule has 0 saturated heterocycles. The van der Waals surface area contributed by atoms with Crippen molar-refractivity contribution in [1.29, 1.82) is 0 Å². The molecule has 0 aliphatic heterocycles. The highest BCUT2D eigenvalue weighted by Gasteiger charge is 2.11. The van der Waals surface area contributed by atoms with E-state index in [4.69, 9.17) is 0 Å². The molecule has 0 atom stereocenters. The second kappa shape index (κ2) is 7.53. The maximum atomic E-state index is 12.6. The summed E-state index contributed by atoms with van der Waals surface area (Å²) in [5, 5.41) is 9.18. The van der Waals surface area contributed by atoms with Gasteiger partial charge in [0, 0.05) is 36.7 Å². The van der Waals surface area contributed by atoms with Crippen molar-refractivity contribution in [3.8, 4) is 11.1 Å². The molecular weight excluding hydrogens is 310 g/mol. The third-order valence-corrected chi connectivity index (χ3v) is 3.99. The summed E-state index contributed by atoms with van der Waals surface area (Å²) >= 11 is 0. The first kappa shape index (κ1) is 16.6. The smallest absolute Gasteiger partial charge is 0.257 e. The molecule has 1 radical (unpaired) electrons. The first-order valence-electron chi connectivity index (χ1n) is 8.10. The number of carbonyl (C=O) groups is 1. The second-order valence-corrected chi connectivity index (χ2v) is 5.54. The van der Waals surface area contributed by atoms with E-state index in [0.29, 0.717) is 5.56 Å². The summed E-state index contributed by atoms with van der Waals surface area (Å²) in [4.78, 5) is 12.6. The Hall–Kier alpha value is -3.27. The number of carbonyl (C=O) groups excluding carboxylic acids is 1. The van der Waals surface area contributed by atoms with Gasteiger partial charge in [-0.25, -0.2) is 0 Å². The van der Waals surface area contributed by atoms with Crippen LogP contribution in [0.4, 0.5) is 17.1 Å². The fourth-order valence-electron chi connectivity index (χ4n) is 2.73. The second-order valence-electron chi connectivity index (χ2n) is 5.54. The van der Waals surface area contributed by atoms with Crippen LogP contribution in [-0.2, 0) is 0 Å². The number of rotatable bonds is 5. The lowest BCUT2D eigenvalue weighted by Gasteiger charge is -2.12. The number of hydrogen-bond donors (Lipinski definition) is 3. The normalized spacial score (nSPS) is 10.2. The molecule has 0 aromatic heterocycles. The van der Waals surface area contributed by atoms with Crippen molar-refractivity contribution in [1.82, 2.24) is 0 Å². The van der Waals surface area contributed by atoms with E-state index in [2.05, 4.69) is 22.0 Å². The first-order valence-corrected chi connectivity index (χ1v) is 8.10. The number of amides is 1. The Morgan fingerprint density at radius 2 is 1.56 bits per heavy atom. The van der Waals surface area contributed by atoms with Crippen LogP contribution in [-0.4, -0.2) is 20.0 Å². The van der Waals surface area contributed by atoms with Crippen molar-refractivity contribution >= 4 is 23.0 Å². The minimum Gasteiger partial charge on any atom is -0.388 e. The molecule has 0 saturated carbocycles. The molecule has 3 rings (SSSR count). The van der Waals surface area contributed by atoms with Gasteiger partial charge in [0.1, 0.15) is 0 Å². The molecule has 4 heteroatoms. The van der Waals surface area contributed by atoms with E-state index >= 15 is 0 Å². The molecule has 1 amide bonds. The van der Waals surface area contributed by atoms with Crippen LogP contribution in [0.2, 0.25) is 0 Å². The molecule has 4 nitrogen and oxygen atoms in total. The summed E-state index contributed by atoms with van der Waals surface area (Å²) in [7, 11) is 3.69. The predicted molar refractivity (Wildman–Crippen MR) is 104 cm³/mol. The molecule has 0 aliphatic rings. The van der Waals surface area contributed by atoms with Gasteiger partial charge in [-0.05, 0) is 42.0 Å². The summed E-state index contributed by atoms with van der Waals surface area (Å²) in [5.74, 6) is -0.149. The van der Waals surface area contributed by atoms with Gasteiger partial charge in [-0.3, -0.25) is 4.79 Å². The van der Waals surface area contributed by atoms with E-state index in [1.807, 2.05) is 67.7 Å². The molecule has 0 fully saturated rings. The van der Waals surface area contributed by atoms with Crippen molar-refractivity contribution in [2.75, 3.05) is 30.0 Å². The maximum Gasteiger partial charge on any atom is 0.257 e. The van der Waals surface area contributed by atoms with Crippen LogP contribution >= 0.6 is 0 Å². The minimum atomic E-state index is -0.149. The number of hydrogen-bond acceptors (Lipinski definition) is 3. The average molecular weight is 330 g/mol. The fraction of sp³-hybridized carbons (Fsp3) is 0.0952. The van der Waals surface area contributed by atoms with Gasteiger partial charge in [0.2, 0.25) is 0 Å². The highest BCUT2D eigenvalue weighted by molar-refractivity contribution is 6.08.